The summed E-state index contributed by atoms with van der Waals surface area (Å²) in [6.07, 6.45) is 2.72. The highest BCUT2D eigenvalue weighted by Crippen LogP contribution is 2.24. The van der Waals surface area contributed by atoms with Crippen LogP contribution in [0.4, 0.5) is 13.2 Å². The summed E-state index contributed by atoms with van der Waals surface area (Å²) >= 11 is 0. The summed E-state index contributed by atoms with van der Waals surface area (Å²) in [5.74, 6) is 2.52. The number of carbonyl (C=O) groups excluding carboxylic acids is 1. The summed E-state index contributed by atoms with van der Waals surface area (Å²) in [7, 11) is 0. The molecule has 4 nitrogen and oxygen atoms in total. The second-order valence-electron chi connectivity index (χ2n) is 4.87. The van der Waals surface area contributed by atoms with Crippen molar-refractivity contribution in [1.82, 2.24) is 9.80 Å². The molecule has 1 atom stereocenters. The van der Waals surface area contributed by atoms with Gasteiger partial charge in [0.05, 0.1) is 25.4 Å². The molecule has 2 heterocycles. The van der Waals surface area contributed by atoms with Gasteiger partial charge < -0.3 is 9.32 Å². The zero-order valence-corrected chi connectivity index (χ0v) is 11.3. The van der Waals surface area contributed by atoms with E-state index in [2.05, 4.69) is 5.92 Å². The Morgan fingerprint density at radius 3 is 2.86 bits per heavy atom. The van der Waals surface area contributed by atoms with Crippen molar-refractivity contribution < 1.29 is 22.4 Å². The van der Waals surface area contributed by atoms with Gasteiger partial charge in [0, 0.05) is 6.54 Å². The lowest BCUT2D eigenvalue weighted by Crippen LogP contribution is -2.43. The SMILES string of the molecule is C#CCN(Cc1ccco1)C1CCN(CC(F)(F)F)C1=O. The van der Waals surface area contributed by atoms with Crippen LogP contribution in [0.2, 0.25) is 0 Å². The Morgan fingerprint density at radius 1 is 1.52 bits per heavy atom. The monoisotopic (exact) mass is 300 g/mol. The van der Waals surface area contributed by atoms with E-state index >= 15 is 0 Å². The van der Waals surface area contributed by atoms with Crippen molar-refractivity contribution in [3.8, 4) is 12.3 Å². The second kappa shape index (κ2) is 6.22. The smallest absolute Gasteiger partial charge is 0.406 e. The normalized spacial score (nSPS) is 19.3. The third-order valence-electron chi connectivity index (χ3n) is 3.31. The summed E-state index contributed by atoms with van der Waals surface area (Å²) < 4.78 is 42.4. The van der Waals surface area contributed by atoms with Gasteiger partial charge in [0.15, 0.2) is 0 Å². The van der Waals surface area contributed by atoms with Crippen LogP contribution in [-0.4, -0.2) is 47.6 Å². The van der Waals surface area contributed by atoms with Crippen LogP contribution in [0.5, 0.6) is 0 Å². The number of likely N-dealkylation sites (tertiary alicyclic amines) is 1. The van der Waals surface area contributed by atoms with E-state index in [-0.39, 0.29) is 13.1 Å². The molecule has 1 amide bonds. The molecule has 1 aliphatic heterocycles. The third kappa shape index (κ3) is 4.02. The minimum absolute atomic E-state index is 0.0856. The maximum atomic E-state index is 12.4. The van der Waals surface area contributed by atoms with Gasteiger partial charge >= 0.3 is 6.18 Å². The van der Waals surface area contributed by atoms with Gasteiger partial charge in [0.25, 0.3) is 0 Å². The number of rotatable bonds is 5. The lowest BCUT2D eigenvalue weighted by molar-refractivity contribution is -0.159. The fourth-order valence-corrected chi connectivity index (χ4v) is 2.43. The minimum atomic E-state index is -4.39. The number of carbonyl (C=O) groups is 1. The van der Waals surface area contributed by atoms with Gasteiger partial charge in [0.1, 0.15) is 12.3 Å². The molecule has 0 saturated carbocycles. The van der Waals surface area contributed by atoms with Gasteiger partial charge in [-0.05, 0) is 18.6 Å². The Balaban J connectivity index is 2.04. The van der Waals surface area contributed by atoms with Gasteiger partial charge in [-0.25, -0.2) is 0 Å². The number of nitrogens with zero attached hydrogens (tertiary/aromatic N) is 2. The molecule has 1 aromatic rings. The Labute approximate surface area is 120 Å². The Hall–Kier alpha value is -1.94. The molecular formula is C14H15F3N2O2. The Bertz CT molecular complexity index is 519. The minimum Gasteiger partial charge on any atom is -0.468 e. The molecule has 21 heavy (non-hydrogen) atoms. The van der Waals surface area contributed by atoms with E-state index in [1.54, 1.807) is 17.0 Å². The van der Waals surface area contributed by atoms with Crippen molar-refractivity contribution in [1.29, 1.82) is 0 Å². The van der Waals surface area contributed by atoms with Crippen molar-refractivity contribution in [2.75, 3.05) is 19.6 Å². The fourth-order valence-electron chi connectivity index (χ4n) is 2.43. The molecule has 1 fully saturated rings. The van der Waals surface area contributed by atoms with E-state index < -0.39 is 24.7 Å². The summed E-state index contributed by atoms with van der Waals surface area (Å²) in [6, 6.07) is 2.81. The van der Waals surface area contributed by atoms with Crippen molar-refractivity contribution in [2.45, 2.75) is 25.2 Å². The molecule has 1 unspecified atom stereocenters. The zero-order chi connectivity index (χ0) is 15.5. The van der Waals surface area contributed by atoms with Gasteiger partial charge in [-0.15, -0.1) is 6.42 Å². The van der Waals surface area contributed by atoms with Gasteiger partial charge in [0.2, 0.25) is 5.91 Å². The number of hydrogen-bond acceptors (Lipinski definition) is 3. The van der Waals surface area contributed by atoms with Gasteiger partial charge in [-0.3, -0.25) is 9.69 Å². The first-order valence-corrected chi connectivity index (χ1v) is 6.46. The molecule has 0 radical (unpaired) electrons. The van der Waals surface area contributed by atoms with E-state index in [4.69, 9.17) is 10.8 Å². The quantitative estimate of drug-likeness (QED) is 0.779. The molecule has 1 aromatic heterocycles. The molecule has 0 N–H and O–H groups in total. The zero-order valence-electron chi connectivity index (χ0n) is 11.3. The van der Waals surface area contributed by atoms with E-state index in [0.29, 0.717) is 18.7 Å². The molecule has 0 aliphatic carbocycles. The van der Waals surface area contributed by atoms with Crippen LogP contribution in [0.3, 0.4) is 0 Å². The predicted octanol–water partition coefficient (Wildman–Crippen LogP) is 1.88. The first-order valence-electron chi connectivity index (χ1n) is 6.46. The highest BCUT2D eigenvalue weighted by atomic mass is 19.4. The average molecular weight is 300 g/mol. The van der Waals surface area contributed by atoms with Crippen LogP contribution in [0, 0.1) is 12.3 Å². The topological polar surface area (TPSA) is 36.7 Å². The first-order chi connectivity index (χ1) is 9.90. The van der Waals surface area contributed by atoms with Crippen LogP contribution in [0.15, 0.2) is 22.8 Å². The number of amides is 1. The van der Waals surface area contributed by atoms with E-state index in [0.717, 1.165) is 4.90 Å². The lowest BCUT2D eigenvalue weighted by Gasteiger charge is -2.25. The Kier molecular flexibility index (Phi) is 4.58. The predicted molar refractivity (Wildman–Crippen MR) is 69.0 cm³/mol. The highest BCUT2D eigenvalue weighted by molar-refractivity contribution is 5.84. The lowest BCUT2D eigenvalue weighted by atomic mass is 10.2. The maximum absolute atomic E-state index is 12.4. The molecule has 0 spiro atoms. The van der Waals surface area contributed by atoms with E-state index in [1.165, 1.54) is 6.26 Å². The molecule has 2 rings (SSSR count). The second-order valence-corrected chi connectivity index (χ2v) is 4.87. The highest BCUT2D eigenvalue weighted by Gasteiger charge is 2.41. The van der Waals surface area contributed by atoms with Crippen LogP contribution in [0.25, 0.3) is 0 Å². The average Bonchev–Trinajstić information content (AvgIpc) is 2.99. The number of alkyl halides is 3. The third-order valence-corrected chi connectivity index (χ3v) is 3.31. The van der Waals surface area contributed by atoms with Crippen LogP contribution in [-0.2, 0) is 11.3 Å². The molecule has 0 aromatic carbocycles. The number of halogens is 3. The number of hydrogen-bond donors (Lipinski definition) is 0. The standard InChI is InChI=1S/C14H15F3N2O2/c1-2-6-18(9-11-4-3-8-21-11)12-5-7-19(13(12)20)10-14(15,16)17/h1,3-4,8,12H,5-7,9-10H2. The molecule has 1 saturated heterocycles. The summed E-state index contributed by atoms with van der Waals surface area (Å²) in [6.45, 7) is -0.653. The van der Waals surface area contributed by atoms with Gasteiger partial charge in [-0.2, -0.15) is 13.2 Å². The first kappa shape index (κ1) is 15.4. The summed E-state index contributed by atoms with van der Waals surface area (Å²) in [5, 5.41) is 0. The molecule has 7 heteroatoms. The molecule has 1 aliphatic rings. The van der Waals surface area contributed by atoms with Crippen molar-refractivity contribution >= 4 is 5.91 Å². The molecular weight excluding hydrogens is 285 g/mol. The molecule has 0 bridgehead atoms. The van der Waals surface area contributed by atoms with Crippen molar-refractivity contribution in [3.05, 3.63) is 24.2 Å². The van der Waals surface area contributed by atoms with Crippen LogP contribution < -0.4 is 0 Å². The largest absolute Gasteiger partial charge is 0.468 e. The van der Waals surface area contributed by atoms with Crippen molar-refractivity contribution in [2.24, 2.45) is 0 Å². The number of terminal acetylenes is 1. The number of furan rings is 1. The molecule has 114 valence electrons. The van der Waals surface area contributed by atoms with Gasteiger partial charge in [-0.1, -0.05) is 5.92 Å². The van der Waals surface area contributed by atoms with E-state index in [9.17, 15) is 18.0 Å². The van der Waals surface area contributed by atoms with Crippen molar-refractivity contribution in [3.63, 3.8) is 0 Å². The van der Waals surface area contributed by atoms with Crippen LogP contribution in [0.1, 0.15) is 12.2 Å². The van der Waals surface area contributed by atoms with Crippen LogP contribution >= 0.6 is 0 Å². The van der Waals surface area contributed by atoms with E-state index in [1.807, 2.05) is 0 Å². The fraction of sp³-hybridized carbons (Fsp3) is 0.500. The summed E-state index contributed by atoms with van der Waals surface area (Å²) in [4.78, 5) is 14.6. The summed E-state index contributed by atoms with van der Waals surface area (Å²) in [5.41, 5.74) is 0. The Morgan fingerprint density at radius 2 is 2.29 bits per heavy atom. The maximum Gasteiger partial charge on any atom is 0.406 e.